The molecule has 2 aromatic rings. The molecule has 0 spiro atoms. The molecule has 2 aromatic heterocycles. The molecule has 5 nitrogen and oxygen atoms in total. The first-order valence-corrected chi connectivity index (χ1v) is 4.14. The predicted molar refractivity (Wildman–Crippen MR) is 49.3 cm³/mol. The molecule has 0 atom stereocenters. The van der Waals surface area contributed by atoms with E-state index in [-0.39, 0.29) is 0 Å². The lowest BCUT2D eigenvalue weighted by Crippen LogP contribution is -2.04. The van der Waals surface area contributed by atoms with Crippen molar-refractivity contribution in [3.05, 3.63) is 18.1 Å². The van der Waals surface area contributed by atoms with E-state index in [0.29, 0.717) is 17.5 Å². The van der Waals surface area contributed by atoms with Gasteiger partial charge < -0.3 is 5.73 Å². The van der Waals surface area contributed by atoms with Crippen LogP contribution in [0.3, 0.4) is 0 Å². The number of hydrogen-bond acceptors (Lipinski definition) is 4. The lowest BCUT2D eigenvalue weighted by atomic mass is 10.1. The summed E-state index contributed by atoms with van der Waals surface area (Å²) in [7, 11) is 0. The maximum Gasteiger partial charge on any atom is 0.254 e. The molecule has 0 aliphatic carbocycles. The summed E-state index contributed by atoms with van der Waals surface area (Å²) in [5.74, 6) is 1.49. The van der Waals surface area contributed by atoms with E-state index in [1.807, 2.05) is 6.07 Å². The summed E-state index contributed by atoms with van der Waals surface area (Å²) in [4.78, 5) is 8.29. The van der Waals surface area contributed by atoms with Crippen LogP contribution in [-0.4, -0.2) is 19.6 Å². The third-order valence-electron chi connectivity index (χ3n) is 1.89. The van der Waals surface area contributed by atoms with E-state index in [2.05, 4.69) is 28.9 Å². The van der Waals surface area contributed by atoms with Gasteiger partial charge in [-0.05, 0) is 5.92 Å². The van der Waals surface area contributed by atoms with Gasteiger partial charge in [0.05, 0.1) is 5.69 Å². The molecule has 0 unspecified atom stereocenters. The van der Waals surface area contributed by atoms with Gasteiger partial charge in [-0.2, -0.15) is 14.6 Å². The normalized spacial score (nSPS) is 11.3. The van der Waals surface area contributed by atoms with Crippen molar-refractivity contribution >= 4 is 11.6 Å². The minimum Gasteiger partial charge on any atom is -0.383 e. The van der Waals surface area contributed by atoms with Gasteiger partial charge in [-0.1, -0.05) is 13.8 Å². The van der Waals surface area contributed by atoms with E-state index in [1.165, 1.54) is 10.8 Å². The first-order valence-electron chi connectivity index (χ1n) is 4.14. The molecule has 0 saturated carbocycles. The molecular weight excluding hydrogens is 166 g/mol. The van der Waals surface area contributed by atoms with Crippen molar-refractivity contribution in [1.29, 1.82) is 0 Å². The largest absolute Gasteiger partial charge is 0.383 e. The molecule has 2 rings (SSSR count). The summed E-state index contributed by atoms with van der Waals surface area (Å²) in [6.07, 6.45) is 1.45. The third kappa shape index (κ3) is 1.22. The van der Waals surface area contributed by atoms with E-state index in [0.717, 1.165) is 5.69 Å². The standard InChI is InChI=1S/C8H11N5/c1-5(2)6-3-7(9)13-8(12-6)10-4-11-13/h3-5H,9H2,1-2H3. The Kier molecular flexibility index (Phi) is 1.65. The van der Waals surface area contributed by atoms with Gasteiger partial charge in [-0.15, -0.1) is 0 Å². The predicted octanol–water partition coefficient (Wildman–Crippen LogP) is 0.830. The highest BCUT2D eigenvalue weighted by Crippen LogP contribution is 2.14. The number of hydrogen-bond donors (Lipinski definition) is 1. The monoisotopic (exact) mass is 177 g/mol. The average molecular weight is 177 g/mol. The molecule has 13 heavy (non-hydrogen) atoms. The molecule has 0 bridgehead atoms. The van der Waals surface area contributed by atoms with Gasteiger partial charge in [0.2, 0.25) is 0 Å². The van der Waals surface area contributed by atoms with Gasteiger partial charge in [0, 0.05) is 6.07 Å². The summed E-state index contributed by atoms with van der Waals surface area (Å²) < 4.78 is 1.52. The summed E-state index contributed by atoms with van der Waals surface area (Å²) in [6, 6.07) is 1.83. The van der Waals surface area contributed by atoms with Crippen molar-refractivity contribution in [2.45, 2.75) is 19.8 Å². The van der Waals surface area contributed by atoms with Crippen molar-refractivity contribution in [3.63, 3.8) is 0 Å². The topological polar surface area (TPSA) is 69.1 Å². The van der Waals surface area contributed by atoms with Crippen LogP contribution in [0.1, 0.15) is 25.5 Å². The van der Waals surface area contributed by atoms with Gasteiger partial charge in [0.15, 0.2) is 0 Å². The zero-order valence-electron chi connectivity index (χ0n) is 7.60. The molecule has 0 radical (unpaired) electrons. The van der Waals surface area contributed by atoms with E-state index in [4.69, 9.17) is 5.73 Å². The molecular formula is C8H11N5. The molecule has 5 heteroatoms. The molecule has 0 saturated heterocycles. The SMILES string of the molecule is CC(C)c1cc(N)n2ncnc2n1. The second-order valence-corrected chi connectivity index (χ2v) is 3.23. The van der Waals surface area contributed by atoms with Crippen LogP contribution in [0.4, 0.5) is 5.82 Å². The highest BCUT2D eigenvalue weighted by Gasteiger charge is 2.06. The molecule has 68 valence electrons. The van der Waals surface area contributed by atoms with Crippen molar-refractivity contribution in [1.82, 2.24) is 19.6 Å². The maximum absolute atomic E-state index is 5.76. The van der Waals surface area contributed by atoms with E-state index < -0.39 is 0 Å². The first-order chi connectivity index (χ1) is 6.18. The fraction of sp³-hybridized carbons (Fsp3) is 0.375. The zero-order valence-corrected chi connectivity index (χ0v) is 7.60. The Labute approximate surface area is 75.6 Å². The fourth-order valence-corrected chi connectivity index (χ4v) is 1.15. The lowest BCUT2D eigenvalue weighted by Gasteiger charge is -2.05. The molecule has 0 aliphatic rings. The Morgan fingerprint density at radius 1 is 1.46 bits per heavy atom. The number of aromatic nitrogens is 4. The van der Waals surface area contributed by atoms with Crippen LogP contribution in [0, 0.1) is 0 Å². The van der Waals surface area contributed by atoms with Gasteiger partial charge >= 0.3 is 0 Å². The van der Waals surface area contributed by atoms with Crippen LogP contribution in [-0.2, 0) is 0 Å². The number of anilines is 1. The fourth-order valence-electron chi connectivity index (χ4n) is 1.15. The van der Waals surface area contributed by atoms with Crippen molar-refractivity contribution < 1.29 is 0 Å². The summed E-state index contributed by atoms with van der Waals surface area (Å²) in [6.45, 7) is 4.13. The van der Waals surface area contributed by atoms with E-state index >= 15 is 0 Å². The molecule has 2 heterocycles. The summed E-state index contributed by atoms with van der Waals surface area (Å²) in [5, 5.41) is 3.94. The zero-order chi connectivity index (χ0) is 9.42. The molecule has 2 N–H and O–H groups in total. The Hall–Kier alpha value is -1.65. The van der Waals surface area contributed by atoms with Crippen molar-refractivity contribution in [3.8, 4) is 0 Å². The van der Waals surface area contributed by atoms with E-state index in [9.17, 15) is 0 Å². The molecule has 0 fully saturated rings. The minimum atomic E-state index is 0.351. The van der Waals surface area contributed by atoms with Crippen LogP contribution in [0.15, 0.2) is 12.4 Å². The van der Waals surface area contributed by atoms with Crippen LogP contribution >= 0.6 is 0 Å². The molecule has 0 aliphatic heterocycles. The quantitative estimate of drug-likeness (QED) is 0.700. The van der Waals surface area contributed by atoms with Crippen LogP contribution in [0.25, 0.3) is 5.78 Å². The number of nitrogens with two attached hydrogens (primary N) is 1. The smallest absolute Gasteiger partial charge is 0.254 e. The third-order valence-corrected chi connectivity index (χ3v) is 1.89. The second kappa shape index (κ2) is 2.69. The number of fused-ring (bicyclic) bond motifs is 1. The second-order valence-electron chi connectivity index (χ2n) is 3.23. The lowest BCUT2D eigenvalue weighted by molar-refractivity contribution is 0.810. The Morgan fingerprint density at radius 2 is 2.23 bits per heavy atom. The average Bonchev–Trinajstić information content (AvgIpc) is 2.51. The van der Waals surface area contributed by atoms with Gasteiger partial charge in [0.25, 0.3) is 5.78 Å². The molecule has 0 aromatic carbocycles. The number of rotatable bonds is 1. The Bertz CT molecular complexity index is 431. The van der Waals surface area contributed by atoms with Crippen LogP contribution in [0.2, 0.25) is 0 Å². The van der Waals surface area contributed by atoms with E-state index in [1.54, 1.807) is 0 Å². The summed E-state index contributed by atoms with van der Waals surface area (Å²) >= 11 is 0. The van der Waals surface area contributed by atoms with Crippen molar-refractivity contribution in [2.75, 3.05) is 5.73 Å². The van der Waals surface area contributed by atoms with Crippen LogP contribution < -0.4 is 5.73 Å². The van der Waals surface area contributed by atoms with Crippen LogP contribution in [0.5, 0.6) is 0 Å². The van der Waals surface area contributed by atoms with Gasteiger partial charge in [0.1, 0.15) is 12.1 Å². The Morgan fingerprint density at radius 3 is 2.92 bits per heavy atom. The first kappa shape index (κ1) is 7.97. The highest BCUT2D eigenvalue weighted by atomic mass is 15.3. The van der Waals surface area contributed by atoms with Gasteiger partial charge in [-0.3, -0.25) is 0 Å². The maximum atomic E-state index is 5.76. The number of nitrogen functional groups attached to an aromatic ring is 1. The number of nitrogens with zero attached hydrogens (tertiary/aromatic N) is 4. The van der Waals surface area contributed by atoms with Gasteiger partial charge in [-0.25, -0.2) is 4.98 Å². The minimum absolute atomic E-state index is 0.351. The summed E-state index contributed by atoms with van der Waals surface area (Å²) in [5.41, 5.74) is 6.70. The van der Waals surface area contributed by atoms with Crippen molar-refractivity contribution in [2.24, 2.45) is 0 Å². The molecule has 0 amide bonds. The Balaban J connectivity index is 2.70. The highest BCUT2D eigenvalue weighted by molar-refractivity contribution is 5.41.